The van der Waals surface area contributed by atoms with Gasteiger partial charge in [0.25, 0.3) is 0 Å². The molecule has 0 spiro atoms. The molecule has 208 valence electrons. The van der Waals surface area contributed by atoms with Crippen LogP contribution in [-0.2, 0) is 21.9 Å². The number of hydrogen-bond donors (Lipinski definition) is 1. The zero-order valence-corrected chi connectivity index (χ0v) is 21.1. The summed E-state index contributed by atoms with van der Waals surface area (Å²) < 4.78 is 86.5. The van der Waals surface area contributed by atoms with Crippen LogP contribution in [0.15, 0.2) is 48.5 Å². The van der Waals surface area contributed by atoms with E-state index in [1.165, 1.54) is 6.92 Å². The van der Waals surface area contributed by atoms with Crippen LogP contribution in [-0.4, -0.2) is 36.0 Å². The van der Waals surface area contributed by atoms with Gasteiger partial charge in [0, 0.05) is 31.0 Å². The van der Waals surface area contributed by atoms with Crippen molar-refractivity contribution in [1.29, 1.82) is 0 Å². The van der Waals surface area contributed by atoms with Crippen molar-refractivity contribution in [3.63, 3.8) is 0 Å². The SMILES string of the molecule is C[C@H](O[C@@H]1CCN(C(=O)C2CCC(N)CC2)C[C@@H]1c1ccccc1)c1cc(C(F)(F)F)cc(C(F)(F)F)c1. The van der Waals surface area contributed by atoms with Gasteiger partial charge in [-0.2, -0.15) is 26.3 Å². The van der Waals surface area contributed by atoms with Gasteiger partial charge in [0.2, 0.25) is 5.91 Å². The lowest BCUT2D eigenvalue weighted by Crippen LogP contribution is -2.48. The van der Waals surface area contributed by atoms with Crippen molar-refractivity contribution in [3.05, 3.63) is 70.8 Å². The second-order valence-electron chi connectivity index (χ2n) is 10.4. The summed E-state index contributed by atoms with van der Waals surface area (Å²) in [6.45, 7) is 2.22. The Morgan fingerprint density at radius 2 is 1.50 bits per heavy atom. The number of carbonyl (C=O) groups excluding carboxylic acids is 1. The van der Waals surface area contributed by atoms with Crippen molar-refractivity contribution >= 4 is 5.91 Å². The number of amides is 1. The zero-order chi connectivity index (χ0) is 27.7. The van der Waals surface area contributed by atoms with Gasteiger partial charge in [-0.05, 0) is 68.4 Å². The molecule has 2 N–H and O–H groups in total. The highest BCUT2D eigenvalue weighted by Crippen LogP contribution is 2.40. The summed E-state index contributed by atoms with van der Waals surface area (Å²) in [5, 5.41) is 0. The summed E-state index contributed by atoms with van der Waals surface area (Å²) in [5.74, 6) is -0.305. The highest BCUT2D eigenvalue weighted by atomic mass is 19.4. The standard InChI is InChI=1S/C28H32F6N2O2/c1-17(20-13-21(27(29,30)31)15-22(14-20)28(32,33)34)38-25-11-12-36(16-24(25)18-5-3-2-4-6-18)26(37)19-7-9-23(35)10-8-19/h2-6,13-15,17,19,23-25H,7-12,16,35H2,1H3/t17-,19?,23?,24+,25+/m0/s1. The van der Waals surface area contributed by atoms with Crippen LogP contribution in [0.25, 0.3) is 0 Å². The molecule has 1 heterocycles. The first kappa shape index (κ1) is 28.4. The molecule has 4 rings (SSSR count). The Kier molecular flexibility index (Phi) is 8.42. The molecule has 38 heavy (non-hydrogen) atoms. The lowest BCUT2D eigenvalue weighted by molar-refractivity contribution is -0.143. The van der Waals surface area contributed by atoms with E-state index in [-0.39, 0.29) is 35.4 Å². The Labute approximate surface area is 218 Å². The normalized spacial score (nSPS) is 25.7. The first-order chi connectivity index (χ1) is 17.8. The summed E-state index contributed by atoms with van der Waals surface area (Å²) in [7, 11) is 0. The first-order valence-corrected chi connectivity index (χ1v) is 12.9. The Balaban J connectivity index is 1.56. The van der Waals surface area contributed by atoms with Crippen molar-refractivity contribution in [2.45, 2.75) is 75.5 Å². The number of rotatable bonds is 5. The summed E-state index contributed by atoms with van der Waals surface area (Å²) in [4.78, 5) is 15.1. The number of carbonyl (C=O) groups is 1. The van der Waals surface area contributed by atoms with Gasteiger partial charge in [0.15, 0.2) is 0 Å². The molecule has 4 nitrogen and oxygen atoms in total. The second-order valence-corrected chi connectivity index (χ2v) is 10.4. The van der Waals surface area contributed by atoms with Gasteiger partial charge in [0.1, 0.15) is 0 Å². The fourth-order valence-electron chi connectivity index (χ4n) is 5.49. The van der Waals surface area contributed by atoms with Crippen LogP contribution in [0.4, 0.5) is 26.3 Å². The van der Waals surface area contributed by atoms with Crippen LogP contribution < -0.4 is 5.73 Å². The van der Waals surface area contributed by atoms with Gasteiger partial charge >= 0.3 is 12.4 Å². The van der Waals surface area contributed by atoms with Gasteiger partial charge < -0.3 is 15.4 Å². The van der Waals surface area contributed by atoms with Crippen LogP contribution in [0.2, 0.25) is 0 Å². The topological polar surface area (TPSA) is 55.6 Å². The van der Waals surface area contributed by atoms with Gasteiger partial charge in [-0.3, -0.25) is 4.79 Å². The van der Waals surface area contributed by atoms with Crippen molar-refractivity contribution in [3.8, 4) is 0 Å². The molecule has 3 atom stereocenters. The van der Waals surface area contributed by atoms with E-state index in [0.29, 0.717) is 31.6 Å². The van der Waals surface area contributed by atoms with Crippen molar-refractivity contribution < 1.29 is 35.9 Å². The van der Waals surface area contributed by atoms with E-state index < -0.39 is 35.7 Å². The Morgan fingerprint density at radius 1 is 0.921 bits per heavy atom. The smallest absolute Gasteiger partial charge is 0.370 e. The fourth-order valence-corrected chi connectivity index (χ4v) is 5.49. The Hall–Kier alpha value is -2.59. The molecular formula is C28H32F6N2O2. The minimum atomic E-state index is -4.93. The van der Waals surface area contributed by atoms with Crippen LogP contribution in [0, 0.1) is 5.92 Å². The van der Waals surface area contributed by atoms with Gasteiger partial charge in [0.05, 0.1) is 23.3 Å². The van der Waals surface area contributed by atoms with Crippen molar-refractivity contribution in [2.24, 2.45) is 11.7 Å². The minimum Gasteiger partial charge on any atom is -0.370 e. The highest BCUT2D eigenvalue weighted by Gasteiger charge is 2.39. The quantitative estimate of drug-likeness (QED) is 0.428. The van der Waals surface area contributed by atoms with Gasteiger partial charge in [-0.25, -0.2) is 0 Å². The molecule has 1 aliphatic carbocycles. The van der Waals surface area contributed by atoms with E-state index in [1.54, 1.807) is 0 Å². The summed E-state index contributed by atoms with van der Waals surface area (Å²) in [6.07, 6.45) is -7.92. The average Bonchev–Trinajstić information content (AvgIpc) is 2.88. The van der Waals surface area contributed by atoms with E-state index in [4.69, 9.17) is 10.5 Å². The van der Waals surface area contributed by atoms with Gasteiger partial charge in [-0.15, -0.1) is 0 Å². The predicted octanol–water partition coefficient (Wildman–Crippen LogP) is 6.70. The number of hydrogen-bond acceptors (Lipinski definition) is 3. The van der Waals surface area contributed by atoms with Crippen molar-refractivity contribution in [2.75, 3.05) is 13.1 Å². The van der Waals surface area contributed by atoms with E-state index >= 15 is 0 Å². The molecular weight excluding hydrogens is 510 g/mol. The number of ether oxygens (including phenoxy) is 1. The average molecular weight is 543 g/mol. The molecule has 0 unspecified atom stereocenters. The molecule has 2 aromatic carbocycles. The van der Waals surface area contributed by atoms with Crippen LogP contribution in [0.3, 0.4) is 0 Å². The Morgan fingerprint density at radius 3 is 2.05 bits per heavy atom. The molecule has 0 aromatic heterocycles. The number of alkyl halides is 6. The third-order valence-corrected chi connectivity index (χ3v) is 7.67. The highest BCUT2D eigenvalue weighted by molar-refractivity contribution is 5.79. The van der Waals surface area contributed by atoms with E-state index in [2.05, 4.69) is 0 Å². The van der Waals surface area contributed by atoms with Crippen molar-refractivity contribution in [1.82, 2.24) is 4.90 Å². The van der Waals surface area contributed by atoms with E-state index in [0.717, 1.165) is 31.2 Å². The number of likely N-dealkylation sites (tertiary alicyclic amines) is 1. The summed E-state index contributed by atoms with van der Waals surface area (Å²) in [5.41, 5.74) is 3.94. The van der Waals surface area contributed by atoms with E-state index in [9.17, 15) is 31.1 Å². The fraction of sp³-hybridized carbons (Fsp3) is 0.536. The number of halogens is 6. The minimum absolute atomic E-state index is 0.0667. The lowest BCUT2D eigenvalue weighted by atomic mass is 9.83. The predicted molar refractivity (Wildman–Crippen MR) is 130 cm³/mol. The van der Waals surface area contributed by atoms with Crippen LogP contribution >= 0.6 is 0 Å². The maximum absolute atomic E-state index is 13.4. The largest absolute Gasteiger partial charge is 0.416 e. The third kappa shape index (κ3) is 6.69. The van der Waals surface area contributed by atoms with Gasteiger partial charge in [-0.1, -0.05) is 30.3 Å². The molecule has 2 aromatic rings. The third-order valence-electron chi connectivity index (χ3n) is 7.67. The monoisotopic (exact) mass is 542 g/mol. The molecule has 1 saturated heterocycles. The lowest BCUT2D eigenvalue weighted by Gasteiger charge is -2.41. The second kappa shape index (κ2) is 11.3. The maximum atomic E-state index is 13.4. The molecule has 1 aliphatic heterocycles. The van der Waals surface area contributed by atoms with Crippen LogP contribution in [0.1, 0.15) is 73.3 Å². The maximum Gasteiger partial charge on any atom is 0.416 e. The number of nitrogens with two attached hydrogens (primary N) is 1. The summed E-state index contributed by atoms with van der Waals surface area (Å²) in [6, 6.07) is 11.0. The first-order valence-electron chi connectivity index (χ1n) is 12.9. The molecule has 1 saturated carbocycles. The zero-order valence-electron chi connectivity index (χ0n) is 21.1. The summed E-state index contributed by atoms with van der Waals surface area (Å²) >= 11 is 0. The molecule has 2 aliphatic rings. The molecule has 0 bridgehead atoms. The number of nitrogens with zero attached hydrogens (tertiary/aromatic N) is 1. The molecule has 0 radical (unpaired) electrons. The number of benzene rings is 2. The molecule has 10 heteroatoms. The van der Waals surface area contributed by atoms with E-state index in [1.807, 2.05) is 35.2 Å². The molecule has 2 fully saturated rings. The molecule has 1 amide bonds. The number of piperidine rings is 1. The Bertz CT molecular complexity index is 1060. The van der Waals surface area contributed by atoms with Crippen LogP contribution in [0.5, 0.6) is 0 Å².